The Balaban J connectivity index is 1.97. The van der Waals surface area contributed by atoms with E-state index in [2.05, 4.69) is 28.8 Å². The summed E-state index contributed by atoms with van der Waals surface area (Å²) in [6.45, 7) is 4.83. The lowest BCUT2D eigenvalue weighted by Crippen LogP contribution is -2.37. The van der Waals surface area contributed by atoms with E-state index >= 15 is 0 Å². The first-order valence-electron chi connectivity index (χ1n) is 7.25. The monoisotopic (exact) mass is 286 g/mol. The van der Waals surface area contributed by atoms with Crippen LogP contribution < -0.4 is 5.69 Å². The Bertz CT molecular complexity index is 871. The zero-order chi connectivity index (χ0) is 14.6. The van der Waals surface area contributed by atoms with E-state index in [1.54, 1.807) is 6.20 Å². The van der Waals surface area contributed by atoms with Crippen molar-refractivity contribution in [3.8, 4) is 0 Å². The van der Waals surface area contributed by atoms with Crippen LogP contribution in [0, 0.1) is 0 Å². The molecule has 4 rings (SSSR count). The van der Waals surface area contributed by atoms with Gasteiger partial charge in [0.25, 0.3) is 0 Å². The molecule has 2 N–H and O–H groups in total. The van der Waals surface area contributed by atoms with Crippen molar-refractivity contribution in [2.45, 2.75) is 38.3 Å². The number of nitrogens with zero attached hydrogens (tertiary/aromatic N) is 2. The number of aromatic amines is 2. The van der Waals surface area contributed by atoms with Crippen molar-refractivity contribution >= 4 is 22.1 Å². The third kappa shape index (κ3) is 1.90. The molecule has 21 heavy (non-hydrogen) atoms. The number of nitrogens with one attached hydrogen (secondary N) is 2. The molecule has 0 saturated carbocycles. The third-order valence-corrected chi connectivity index (χ3v) is 4.30. The molecule has 3 aromatic rings. The van der Waals surface area contributed by atoms with Crippen molar-refractivity contribution in [2.75, 3.05) is 6.61 Å². The van der Waals surface area contributed by atoms with E-state index < -0.39 is 0 Å². The highest BCUT2D eigenvalue weighted by molar-refractivity contribution is 6.00. The molecule has 6 nitrogen and oxygen atoms in total. The molecule has 1 saturated heterocycles. The second-order valence-electron chi connectivity index (χ2n) is 6.32. The molecule has 1 aliphatic rings. The standard InChI is InChI=1S/C15H18N4O2/c1-15(2)7-9(4-6-21-15)19-12-10-3-5-16-13(10)17-8-11(12)18-14(19)20/h3,5,8-9H,4,6-7H2,1-2H3,(H,16,17)(H,18,20). The first-order valence-corrected chi connectivity index (χ1v) is 7.25. The van der Waals surface area contributed by atoms with Gasteiger partial charge in [0.15, 0.2) is 0 Å². The van der Waals surface area contributed by atoms with Crippen molar-refractivity contribution < 1.29 is 4.74 Å². The number of hydrogen-bond donors (Lipinski definition) is 2. The normalized spacial score (nSPS) is 22.1. The zero-order valence-corrected chi connectivity index (χ0v) is 12.1. The molecule has 0 spiro atoms. The molecular formula is C15H18N4O2. The van der Waals surface area contributed by atoms with Gasteiger partial charge in [-0.1, -0.05) is 0 Å². The van der Waals surface area contributed by atoms with E-state index in [-0.39, 0.29) is 17.3 Å². The summed E-state index contributed by atoms with van der Waals surface area (Å²) in [6, 6.07) is 2.12. The van der Waals surface area contributed by atoms with Crippen LogP contribution in [-0.4, -0.2) is 31.7 Å². The van der Waals surface area contributed by atoms with Gasteiger partial charge in [-0.25, -0.2) is 9.78 Å². The second-order valence-corrected chi connectivity index (χ2v) is 6.32. The fraction of sp³-hybridized carbons (Fsp3) is 0.467. The molecule has 4 heterocycles. The minimum Gasteiger partial charge on any atom is -0.375 e. The fourth-order valence-corrected chi connectivity index (χ4v) is 3.39. The maximum atomic E-state index is 12.4. The van der Waals surface area contributed by atoms with Gasteiger partial charge < -0.3 is 14.7 Å². The molecule has 6 heteroatoms. The quantitative estimate of drug-likeness (QED) is 0.721. The van der Waals surface area contributed by atoms with Gasteiger partial charge in [0.2, 0.25) is 0 Å². The van der Waals surface area contributed by atoms with E-state index in [1.807, 2.05) is 16.8 Å². The molecule has 0 bridgehead atoms. The number of H-pyrrole nitrogens is 2. The van der Waals surface area contributed by atoms with Crippen LogP contribution in [0.2, 0.25) is 0 Å². The summed E-state index contributed by atoms with van der Waals surface area (Å²) >= 11 is 0. The second kappa shape index (κ2) is 4.21. The molecule has 3 aromatic heterocycles. The fourth-order valence-electron chi connectivity index (χ4n) is 3.39. The molecule has 1 atom stereocenters. The molecule has 0 aliphatic carbocycles. The molecule has 1 aliphatic heterocycles. The zero-order valence-electron chi connectivity index (χ0n) is 12.1. The molecular weight excluding hydrogens is 268 g/mol. The Kier molecular flexibility index (Phi) is 2.53. The van der Waals surface area contributed by atoms with E-state index in [9.17, 15) is 4.79 Å². The lowest BCUT2D eigenvalue weighted by Gasteiger charge is -2.36. The lowest BCUT2D eigenvalue weighted by molar-refractivity contribution is -0.0689. The number of fused-ring (bicyclic) bond motifs is 3. The lowest BCUT2D eigenvalue weighted by atomic mass is 9.93. The maximum Gasteiger partial charge on any atom is 0.326 e. The van der Waals surface area contributed by atoms with Crippen LogP contribution in [0.4, 0.5) is 0 Å². The Hall–Kier alpha value is -2.08. The third-order valence-electron chi connectivity index (χ3n) is 4.30. The summed E-state index contributed by atoms with van der Waals surface area (Å²) in [5.41, 5.74) is 2.27. The van der Waals surface area contributed by atoms with Gasteiger partial charge in [0, 0.05) is 24.2 Å². The predicted octanol–water partition coefficient (Wildman–Crippen LogP) is 2.34. The largest absolute Gasteiger partial charge is 0.375 e. The molecule has 110 valence electrons. The van der Waals surface area contributed by atoms with E-state index in [4.69, 9.17) is 4.74 Å². The van der Waals surface area contributed by atoms with E-state index in [0.717, 1.165) is 34.9 Å². The van der Waals surface area contributed by atoms with Crippen LogP contribution in [0.25, 0.3) is 22.1 Å². The van der Waals surface area contributed by atoms with Crippen LogP contribution in [-0.2, 0) is 4.74 Å². The number of rotatable bonds is 1. The minimum atomic E-state index is -0.198. The van der Waals surface area contributed by atoms with Crippen molar-refractivity contribution in [1.29, 1.82) is 0 Å². The highest BCUT2D eigenvalue weighted by Gasteiger charge is 2.31. The van der Waals surface area contributed by atoms with Crippen LogP contribution >= 0.6 is 0 Å². The Morgan fingerprint density at radius 2 is 2.33 bits per heavy atom. The Morgan fingerprint density at radius 1 is 1.48 bits per heavy atom. The number of hydrogen-bond acceptors (Lipinski definition) is 3. The first kappa shape index (κ1) is 12.6. The summed E-state index contributed by atoms with van der Waals surface area (Å²) in [4.78, 5) is 22.8. The van der Waals surface area contributed by atoms with Gasteiger partial charge in [-0.05, 0) is 32.8 Å². The van der Waals surface area contributed by atoms with Crippen LogP contribution in [0.5, 0.6) is 0 Å². The smallest absolute Gasteiger partial charge is 0.326 e. The van der Waals surface area contributed by atoms with Crippen molar-refractivity contribution in [2.24, 2.45) is 0 Å². The van der Waals surface area contributed by atoms with Gasteiger partial charge in [-0.2, -0.15) is 0 Å². The van der Waals surface area contributed by atoms with Crippen LogP contribution in [0.1, 0.15) is 32.7 Å². The summed E-state index contributed by atoms with van der Waals surface area (Å²) < 4.78 is 7.66. The molecule has 1 fully saturated rings. The number of aromatic nitrogens is 4. The SMILES string of the molecule is CC1(C)CC(n2c(=O)[nH]c3cnc4[nH]ccc4c32)CCO1. The van der Waals surface area contributed by atoms with E-state index in [1.165, 1.54) is 0 Å². The number of imidazole rings is 1. The number of pyridine rings is 1. The van der Waals surface area contributed by atoms with Crippen molar-refractivity contribution in [1.82, 2.24) is 19.5 Å². The van der Waals surface area contributed by atoms with Crippen LogP contribution in [0.15, 0.2) is 23.3 Å². The summed E-state index contributed by atoms with van der Waals surface area (Å²) in [7, 11) is 0. The van der Waals surface area contributed by atoms with Gasteiger partial charge in [-0.3, -0.25) is 4.57 Å². The highest BCUT2D eigenvalue weighted by Crippen LogP contribution is 2.34. The van der Waals surface area contributed by atoms with Crippen molar-refractivity contribution in [3.05, 3.63) is 28.9 Å². The average molecular weight is 286 g/mol. The Morgan fingerprint density at radius 3 is 3.14 bits per heavy atom. The summed E-state index contributed by atoms with van der Waals surface area (Å²) in [6.07, 6.45) is 5.25. The molecule has 0 aromatic carbocycles. The first-order chi connectivity index (χ1) is 10.1. The average Bonchev–Trinajstić information content (AvgIpc) is 2.99. The molecule has 1 unspecified atom stereocenters. The summed E-state index contributed by atoms with van der Waals surface area (Å²) in [5.74, 6) is 0. The van der Waals surface area contributed by atoms with Crippen molar-refractivity contribution in [3.63, 3.8) is 0 Å². The van der Waals surface area contributed by atoms with Gasteiger partial charge in [0.1, 0.15) is 5.65 Å². The summed E-state index contributed by atoms with van der Waals surface area (Å²) in [5, 5.41) is 0.982. The molecule has 0 radical (unpaired) electrons. The topological polar surface area (TPSA) is 75.7 Å². The minimum absolute atomic E-state index is 0.0665. The maximum absolute atomic E-state index is 12.4. The van der Waals surface area contributed by atoms with Crippen LogP contribution in [0.3, 0.4) is 0 Å². The number of ether oxygens (including phenoxy) is 1. The van der Waals surface area contributed by atoms with E-state index in [0.29, 0.717) is 6.61 Å². The Labute approximate surface area is 121 Å². The predicted molar refractivity (Wildman–Crippen MR) is 80.5 cm³/mol. The van der Waals surface area contributed by atoms with Gasteiger partial charge >= 0.3 is 5.69 Å². The molecule has 0 amide bonds. The van der Waals surface area contributed by atoms with Gasteiger partial charge in [-0.15, -0.1) is 0 Å². The van der Waals surface area contributed by atoms with Gasteiger partial charge in [0.05, 0.1) is 22.8 Å². The highest BCUT2D eigenvalue weighted by atomic mass is 16.5.